The van der Waals surface area contributed by atoms with Crippen LogP contribution in [0.3, 0.4) is 0 Å². The number of rotatable bonds is 3. The van der Waals surface area contributed by atoms with Gasteiger partial charge in [-0.25, -0.2) is 0 Å². The monoisotopic (exact) mass is 261 g/mol. The summed E-state index contributed by atoms with van der Waals surface area (Å²) >= 11 is 6.05. The predicted molar refractivity (Wildman–Crippen MR) is 73.9 cm³/mol. The molecule has 3 nitrogen and oxygen atoms in total. The standard InChI is InChI=1S/C14H16ClN3/c1-9-7-13(10(2)18-17-9)14(16-3)11-5-4-6-12(15)8-11/h4-8,14,16H,1-3H3. The molecule has 0 amide bonds. The largest absolute Gasteiger partial charge is 0.309 e. The van der Waals surface area contributed by atoms with Crippen LogP contribution in [0, 0.1) is 13.8 Å². The Kier molecular flexibility index (Phi) is 3.94. The molecule has 1 aromatic carbocycles. The maximum atomic E-state index is 6.05. The molecule has 4 heteroatoms. The van der Waals surface area contributed by atoms with Gasteiger partial charge in [0.25, 0.3) is 0 Å². The summed E-state index contributed by atoms with van der Waals surface area (Å²) in [7, 11) is 1.93. The average molecular weight is 262 g/mol. The first-order valence-corrected chi connectivity index (χ1v) is 6.23. The average Bonchev–Trinajstić information content (AvgIpc) is 2.35. The Labute approximate surface area is 112 Å². The summed E-state index contributed by atoms with van der Waals surface area (Å²) in [5, 5.41) is 12.3. The van der Waals surface area contributed by atoms with E-state index >= 15 is 0 Å². The Morgan fingerprint density at radius 1 is 1.17 bits per heavy atom. The molecule has 94 valence electrons. The molecule has 0 saturated heterocycles. The zero-order chi connectivity index (χ0) is 13.1. The lowest BCUT2D eigenvalue weighted by molar-refractivity contribution is 0.675. The summed E-state index contributed by atoms with van der Waals surface area (Å²) < 4.78 is 0. The van der Waals surface area contributed by atoms with Crippen molar-refractivity contribution in [3.05, 3.63) is 57.9 Å². The SMILES string of the molecule is CNC(c1cccc(Cl)c1)c1cc(C)nnc1C. The summed E-state index contributed by atoms with van der Waals surface area (Å²) in [5.41, 5.74) is 4.10. The number of aromatic nitrogens is 2. The smallest absolute Gasteiger partial charge is 0.0651 e. The van der Waals surface area contributed by atoms with Crippen LogP contribution in [0.2, 0.25) is 5.02 Å². The number of hydrogen-bond donors (Lipinski definition) is 1. The van der Waals surface area contributed by atoms with Gasteiger partial charge in [0.2, 0.25) is 0 Å². The molecule has 0 aliphatic heterocycles. The van der Waals surface area contributed by atoms with Gasteiger partial charge in [0, 0.05) is 5.02 Å². The maximum absolute atomic E-state index is 6.05. The maximum Gasteiger partial charge on any atom is 0.0651 e. The molecular weight excluding hydrogens is 246 g/mol. The Bertz CT molecular complexity index is 554. The van der Waals surface area contributed by atoms with Gasteiger partial charge in [-0.15, -0.1) is 0 Å². The molecule has 1 unspecified atom stereocenters. The number of nitrogens with one attached hydrogen (secondary N) is 1. The molecule has 0 saturated carbocycles. The summed E-state index contributed by atoms with van der Waals surface area (Å²) in [6, 6.07) is 10.0. The lowest BCUT2D eigenvalue weighted by atomic mass is 9.98. The van der Waals surface area contributed by atoms with E-state index in [-0.39, 0.29) is 6.04 Å². The van der Waals surface area contributed by atoms with Crippen molar-refractivity contribution in [2.75, 3.05) is 7.05 Å². The van der Waals surface area contributed by atoms with Crippen molar-refractivity contribution in [1.29, 1.82) is 0 Å². The molecule has 0 fully saturated rings. The third kappa shape index (κ3) is 2.68. The fourth-order valence-electron chi connectivity index (χ4n) is 2.05. The van der Waals surface area contributed by atoms with Crippen molar-refractivity contribution in [1.82, 2.24) is 15.5 Å². The summed E-state index contributed by atoms with van der Waals surface area (Å²) in [6.07, 6.45) is 0. The first kappa shape index (κ1) is 13.0. The number of halogens is 1. The molecule has 0 bridgehead atoms. The summed E-state index contributed by atoms with van der Waals surface area (Å²) in [4.78, 5) is 0. The molecular formula is C14H16ClN3. The van der Waals surface area contributed by atoms with Gasteiger partial charge in [-0.2, -0.15) is 10.2 Å². The van der Waals surface area contributed by atoms with Crippen LogP contribution in [0.1, 0.15) is 28.6 Å². The van der Waals surface area contributed by atoms with E-state index in [1.54, 1.807) is 0 Å². The van der Waals surface area contributed by atoms with E-state index in [1.165, 1.54) is 0 Å². The fourth-order valence-corrected chi connectivity index (χ4v) is 2.25. The van der Waals surface area contributed by atoms with Crippen LogP contribution in [-0.2, 0) is 0 Å². The molecule has 0 aliphatic rings. The highest BCUT2D eigenvalue weighted by Gasteiger charge is 2.15. The van der Waals surface area contributed by atoms with E-state index in [0.717, 1.165) is 27.5 Å². The van der Waals surface area contributed by atoms with E-state index < -0.39 is 0 Å². The van der Waals surface area contributed by atoms with Crippen LogP contribution in [0.15, 0.2) is 30.3 Å². The third-order valence-corrected chi connectivity index (χ3v) is 3.16. The van der Waals surface area contributed by atoms with Gasteiger partial charge in [0.1, 0.15) is 0 Å². The van der Waals surface area contributed by atoms with Crippen molar-refractivity contribution < 1.29 is 0 Å². The number of benzene rings is 1. The van der Waals surface area contributed by atoms with Crippen LogP contribution in [0.5, 0.6) is 0 Å². The van der Waals surface area contributed by atoms with Crippen molar-refractivity contribution in [2.45, 2.75) is 19.9 Å². The fraction of sp³-hybridized carbons (Fsp3) is 0.286. The zero-order valence-electron chi connectivity index (χ0n) is 10.7. The van der Waals surface area contributed by atoms with Crippen LogP contribution in [0.4, 0.5) is 0 Å². The minimum atomic E-state index is 0.0814. The molecule has 0 radical (unpaired) electrons. The van der Waals surface area contributed by atoms with Crippen molar-refractivity contribution in [3.8, 4) is 0 Å². The van der Waals surface area contributed by atoms with E-state index in [9.17, 15) is 0 Å². The predicted octanol–water partition coefficient (Wildman–Crippen LogP) is 3.06. The molecule has 0 spiro atoms. The summed E-state index contributed by atoms with van der Waals surface area (Å²) in [6.45, 7) is 3.91. The quantitative estimate of drug-likeness (QED) is 0.923. The Hall–Kier alpha value is -1.45. The first-order chi connectivity index (χ1) is 8.61. The second-order valence-electron chi connectivity index (χ2n) is 4.30. The van der Waals surface area contributed by atoms with E-state index in [1.807, 2.05) is 39.1 Å². The summed E-state index contributed by atoms with van der Waals surface area (Å²) in [5.74, 6) is 0. The zero-order valence-corrected chi connectivity index (χ0v) is 11.5. The normalized spacial score (nSPS) is 12.4. The van der Waals surface area contributed by atoms with E-state index in [2.05, 4.69) is 27.6 Å². The van der Waals surface area contributed by atoms with Gasteiger partial charge in [-0.1, -0.05) is 23.7 Å². The number of nitrogens with zero attached hydrogens (tertiary/aromatic N) is 2. The lowest BCUT2D eigenvalue weighted by Gasteiger charge is -2.19. The van der Waals surface area contributed by atoms with Crippen LogP contribution >= 0.6 is 11.6 Å². The van der Waals surface area contributed by atoms with Crippen molar-refractivity contribution in [2.24, 2.45) is 0 Å². The van der Waals surface area contributed by atoms with E-state index in [0.29, 0.717) is 0 Å². The van der Waals surface area contributed by atoms with Gasteiger partial charge in [-0.3, -0.25) is 0 Å². The van der Waals surface area contributed by atoms with Gasteiger partial charge in [-0.05, 0) is 50.2 Å². The number of aryl methyl sites for hydroxylation is 2. The van der Waals surface area contributed by atoms with Gasteiger partial charge < -0.3 is 5.32 Å². The second-order valence-corrected chi connectivity index (χ2v) is 4.74. The lowest BCUT2D eigenvalue weighted by Crippen LogP contribution is -2.19. The number of hydrogen-bond acceptors (Lipinski definition) is 3. The molecule has 1 N–H and O–H groups in total. The topological polar surface area (TPSA) is 37.8 Å². The van der Waals surface area contributed by atoms with Crippen molar-refractivity contribution in [3.63, 3.8) is 0 Å². The molecule has 2 aromatic rings. The molecule has 1 aromatic heterocycles. The van der Waals surface area contributed by atoms with E-state index in [4.69, 9.17) is 11.6 Å². The molecule has 0 aliphatic carbocycles. The van der Waals surface area contributed by atoms with Gasteiger partial charge in [0.15, 0.2) is 0 Å². The van der Waals surface area contributed by atoms with Crippen LogP contribution in [-0.4, -0.2) is 17.2 Å². The molecule has 2 rings (SSSR count). The third-order valence-electron chi connectivity index (χ3n) is 2.92. The molecule has 1 heterocycles. The highest BCUT2D eigenvalue weighted by molar-refractivity contribution is 6.30. The van der Waals surface area contributed by atoms with Crippen LogP contribution in [0.25, 0.3) is 0 Å². The second kappa shape index (κ2) is 5.46. The Balaban J connectivity index is 2.48. The van der Waals surface area contributed by atoms with Gasteiger partial charge in [0.05, 0.1) is 17.4 Å². The van der Waals surface area contributed by atoms with Crippen LogP contribution < -0.4 is 5.32 Å². The van der Waals surface area contributed by atoms with Crippen molar-refractivity contribution >= 4 is 11.6 Å². The first-order valence-electron chi connectivity index (χ1n) is 5.85. The minimum Gasteiger partial charge on any atom is -0.309 e. The highest BCUT2D eigenvalue weighted by atomic mass is 35.5. The Morgan fingerprint density at radius 2 is 1.94 bits per heavy atom. The Morgan fingerprint density at radius 3 is 2.61 bits per heavy atom. The minimum absolute atomic E-state index is 0.0814. The molecule has 18 heavy (non-hydrogen) atoms. The van der Waals surface area contributed by atoms with Gasteiger partial charge >= 0.3 is 0 Å². The highest BCUT2D eigenvalue weighted by Crippen LogP contribution is 2.25. The molecule has 1 atom stereocenters.